The highest BCUT2D eigenvalue weighted by Gasteiger charge is 1.73. The van der Waals surface area contributed by atoms with Crippen molar-refractivity contribution in [1.82, 2.24) is 5.43 Å². The molecule has 0 aliphatic carbocycles. The van der Waals surface area contributed by atoms with Gasteiger partial charge in [-0.3, -0.25) is 10.2 Å². The van der Waals surface area contributed by atoms with E-state index in [-0.39, 0.29) is 5.91 Å². The highest BCUT2D eigenvalue weighted by molar-refractivity contribution is 5.71. The van der Waals surface area contributed by atoms with Crippen molar-refractivity contribution < 1.29 is 4.79 Å². The summed E-state index contributed by atoms with van der Waals surface area (Å²) in [5, 5.41) is 0. The fourth-order valence-corrected chi connectivity index (χ4v) is 0.453. The van der Waals surface area contributed by atoms with Crippen LogP contribution in [0.3, 0.4) is 0 Å². The number of hydrogen-bond donors (Lipinski definition) is 3. The molecule has 0 aromatic heterocycles. The number of anilines is 1. The molecule has 0 atom stereocenters. The number of hydrazine groups is 1. The molecule has 0 spiro atoms. The van der Waals surface area contributed by atoms with Gasteiger partial charge in [-0.1, -0.05) is 18.2 Å². The Morgan fingerprint density at radius 3 is 1.92 bits per heavy atom. The van der Waals surface area contributed by atoms with Gasteiger partial charge in [-0.25, -0.2) is 5.84 Å². The number of nitrogens with one attached hydrogen (secondary N) is 1. The van der Waals surface area contributed by atoms with E-state index in [4.69, 9.17) is 5.73 Å². The van der Waals surface area contributed by atoms with Crippen molar-refractivity contribution in [3.05, 3.63) is 30.3 Å². The van der Waals surface area contributed by atoms with Crippen molar-refractivity contribution in [3.63, 3.8) is 0 Å². The van der Waals surface area contributed by atoms with Gasteiger partial charge in [0.2, 0.25) is 5.91 Å². The summed E-state index contributed by atoms with van der Waals surface area (Å²) in [6.07, 6.45) is 0. The summed E-state index contributed by atoms with van der Waals surface area (Å²) in [4.78, 5) is 9.58. The zero-order valence-corrected chi connectivity index (χ0v) is 6.95. The van der Waals surface area contributed by atoms with Crippen molar-refractivity contribution in [1.29, 1.82) is 0 Å². The Labute approximate surface area is 71.5 Å². The molecule has 0 bridgehead atoms. The van der Waals surface area contributed by atoms with Gasteiger partial charge in [-0.15, -0.1) is 0 Å². The van der Waals surface area contributed by atoms with Gasteiger partial charge in [0.25, 0.3) is 0 Å². The summed E-state index contributed by atoms with van der Waals surface area (Å²) in [7, 11) is 0. The zero-order chi connectivity index (χ0) is 9.40. The van der Waals surface area contributed by atoms with Crippen LogP contribution in [0.25, 0.3) is 0 Å². The van der Waals surface area contributed by atoms with Crippen LogP contribution in [0, 0.1) is 0 Å². The van der Waals surface area contributed by atoms with Gasteiger partial charge < -0.3 is 5.73 Å². The lowest BCUT2D eigenvalue weighted by atomic mass is 10.3. The van der Waals surface area contributed by atoms with Gasteiger partial charge in [0, 0.05) is 12.6 Å². The number of amides is 1. The van der Waals surface area contributed by atoms with Crippen LogP contribution in [0.4, 0.5) is 5.69 Å². The largest absolute Gasteiger partial charge is 0.399 e. The van der Waals surface area contributed by atoms with Gasteiger partial charge in [0.1, 0.15) is 0 Å². The summed E-state index contributed by atoms with van der Waals surface area (Å²) in [5.74, 6) is 4.35. The van der Waals surface area contributed by atoms with Crippen molar-refractivity contribution in [2.45, 2.75) is 6.92 Å². The molecule has 12 heavy (non-hydrogen) atoms. The molecule has 1 aromatic rings. The third-order valence-corrected chi connectivity index (χ3v) is 1.00. The summed E-state index contributed by atoms with van der Waals surface area (Å²) < 4.78 is 0. The first kappa shape index (κ1) is 10.4. The number of carbonyl (C=O) groups is 1. The molecular weight excluding hydrogens is 154 g/mol. The number of rotatable bonds is 0. The second kappa shape index (κ2) is 6.18. The van der Waals surface area contributed by atoms with Gasteiger partial charge >= 0.3 is 0 Å². The van der Waals surface area contributed by atoms with Crippen LogP contribution < -0.4 is 17.0 Å². The Morgan fingerprint density at radius 1 is 1.33 bits per heavy atom. The second-order valence-electron chi connectivity index (χ2n) is 2.11. The summed E-state index contributed by atoms with van der Waals surface area (Å²) in [6.45, 7) is 1.35. The maximum absolute atomic E-state index is 9.58. The molecule has 1 rings (SSSR count). The van der Waals surface area contributed by atoms with E-state index in [2.05, 4.69) is 5.84 Å². The highest BCUT2D eigenvalue weighted by atomic mass is 16.2. The van der Waals surface area contributed by atoms with Gasteiger partial charge in [0.15, 0.2) is 0 Å². The predicted molar refractivity (Wildman–Crippen MR) is 48.9 cm³/mol. The van der Waals surface area contributed by atoms with Crippen LogP contribution in [0.1, 0.15) is 6.92 Å². The van der Waals surface area contributed by atoms with Crippen LogP contribution in [0.5, 0.6) is 0 Å². The molecule has 0 aliphatic heterocycles. The van der Waals surface area contributed by atoms with Crippen molar-refractivity contribution in [3.8, 4) is 0 Å². The molecule has 66 valence electrons. The van der Waals surface area contributed by atoms with Crippen LogP contribution in [-0.2, 0) is 4.79 Å². The fraction of sp³-hybridized carbons (Fsp3) is 0.125. The Hall–Kier alpha value is -1.55. The summed E-state index contributed by atoms with van der Waals surface area (Å²) >= 11 is 0. The zero-order valence-electron chi connectivity index (χ0n) is 6.95. The SMILES string of the molecule is CC(=O)NN.Nc1ccccc1. The maximum atomic E-state index is 9.58. The molecule has 0 saturated carbocycles. The van der Waals surface area contributed by atoms with Crippen LogP contribution in [0.15, 0.2) is 30.3 Å². The Balaban J connectivity index is 0.000000217. The molecule has 5 N–H and O–H groups in total. The van der Waals surface area contributed by atoms with Crippen molar-refractivity contribution in [2.75, 3.05) is 5.73 Å². The topological polar surface area (TPSA) is 81.1 Å². The number of benzene rings is 1. The van der Waals surface area contributed by atoms with Gasteiger partial charge in [-0.2, -0.15) is 0 Å². The first-order valence-electron chi connectivity index (χ1n) is 3.44. The van der Waals surface area contributed by atoms with E-state index < -0.39 is 0 Å². The average Bonchev–Trinajstić information content (AvgIpc) is 2.07. The van der Waals surface area contributed by atoms with E-state index in [0.717, 1.165) is 5.69 Å². The van der Waals surface area contributed by atoms with E-state index >= 15 is 0 Å². The quantitative estimate of drug-likeness (QED) is 0.224. The number of hydrogen-bond acceptors (Lipinski definition) is 3. The minimum Gasteiger partial charge on any atom is -0.399 e. The predicted octanol–water partition coefficient (Wildman–Crippen LogP) is 0.265. The lowest BCUT2D eigenvalue weighted by Gasteiger charge is -1.83. The van der Waals surface area contributed by atoms with E-state index in [0.29, 0.717) is 0 Å². The molecule has 0 heterocycles. The number of para-hydroxylation sites is 1. The second-order valence-corrected chi connectivity index (χ2v) is 2.11. The van der Waals surface area contributed by atoms with Crippen molar-refractivity contribution >= 4 is 11.6 Å². The lowest BCUT2D eigenvalue weighted by Crippen LogP contribution is -2.26. The minimum atomic E-state index is -0.218. The van der Waals surface area contributed by atoms with Crippen LogP contribution in [-0.4, -0.2) is 5.91 Å². The smallest absolute Gasteiger partial charge is 0.230 e. The summed E-state index contributed by atoms with van der Waals surface area (Å²) in [6, 6.07) is 9.49. The number of nitrogen functional groups attached to an aromatic ring is 1. The molecule has 1 aromatic carbocycles. The Bertz CT molecular complexity index is 223. The first-order chi connectivity index (χ1) is 5.66. The molecule has 0 unspecified atom stereocenters. The standard InChI is InChI=1S/C6H7N.C2H6N2O/c7-6-4-2-1-3-5-6;1-2(5)4-3/h1-5H,7H2;3H2,1H3,(H,4,5). The Kier molecular flexibility index (Phi) is 5.38. The van der Waals surface area contributed by atoms with E-state index in [9.17, 15) is 4.79 Å². The van der Waals surface area contributed by atoms with E-state index in [1.54, 1.807) is 0 Å². The monoisotopic (exact) mass is 167 g/mol. The van der Waals surface area contributed by atoms with Gasteiger partial charge in [0.05, 0.1) is 0 Å². The highest BCUT2D eigenvalue weighted by Crippen LogP contribution is 1.95. The first-order valence-corrected chi connectivity index (χ1v) is 3.44. The van der Waals surface area contributed by atoms with Crippen molar-refractivity contribution in [2.24, 2.45) is 5.84 Å². The van der Waals surface area contributed by atoms with Gasteiger partial charge in [-0.05, 0) is 12.1 Å². The molecule has 4 nitrogen and oxygen atoms in total. The molecule has 0 radical (unpaired) electrons. The summed E-state index contributed by atoms with van der Waals surface area (Å²) in [5.41, 5.74) is 8.07. The van der Waals surface area contributed by atoms with Crippen LogP contribution in [0.2, 0.25) is 0 Å². The third-order valence-electron chi connectivity index (χ3n) is 1.00. The Morgan fingerprint density at radius 2 is 1.75 bits per heavy atom. The fourth-order valence-electron chi connectivity index (χ4n) is 0.453. The molecular formula is C8H13N3O. The van der Waals surface area contributed by atoms with Crippen LogP contribution >= 0.6 is 0 Å². The number of nitrogens with two attached hydrogens (primary N) is 2. The lowest BCUT2D eigenvalue weighted by molar-refractivity contribution is -0.119. The maximum Gasteiger partial charge on any atom is 0.230 e. The molecule has 4 heteroatoms. The average molecular weight is 167 g/mol. The molecule has 0 saturated heterocycles. The minimum absolute atomic E-state index is 0.218. The van der Waals surface area contributed by atoms with E-state index in [1.807, 2.05) is 35.8 Å². The molecule has 0 fully saturated rings. The molecule has 1 amide bonds. The van der Waals surface area contributed by atoms with E-state index in [1.165, 1.54) is 6.92 Å². The third kappa shape index (κ3) is 6.57. The number of carbonyl (C=O) groups excluding carboxylic acids is 1. The normalized spacial score (nSPS) is 7.83. The molecule has 0 aliphatic rings.